The zero-order chi connectivity index (χ0) is 19.4. The van der Waals surface area contributed by atoms with E-state index in [2.05, 4.69) is 22.9 Å². The molecule has 3 rings (SSSR count). The first kappa shape index (κ1) is 20.9. The molecule has 5 nitrogen and oxygen atoms in total. The summed E-state index contributed by atoms with van der Waals surface area (Å²) in [5, 5.41) is 0. The number of amides is 1. The van der Waals surface area contributed by atoms with E-state index in [0.29, 0.717) is 23.4 Å². The molecule has 0 spiro atoms. The molecular formula is C20H30BrNO4S. The van der Waals surface area contributed by atoms with Crippen molar-refractivity contribution in [1.29, 1.82) is 0 Å². The molecule has 1 amide bonds. The largest absolute Gasteiger partial charge is 0.452 e. The van der Waals surface area contributed by atoms with Crippen LogP contribution in [-0.2, 0) is 21.2 Å². The van der Waals surface area contributed by atoms with Crippen molar-refractivity contribution >= 4 is 31.7 Å². The second kappa shape index (κ2) is 9.12. The molecule has 1 saturated heterocycles. The summed E-state index contributed by atoms with van der Waals surface area (Å²) < 4.78 is 30.2. The number of hydrogen-bond donors (Lipinski definition) is 0. The van der Waals surface area contributed by atoms with Crippen LogP contribution in [-0.4, -0.2) is 36.8 Å². The lowest BCUT2D eigenvalue weighted by Gasteiger charge is -2.34. The molecule has 1 aliphatic heterocycles. The quantitative estimate of drug-likeness (QED) is 0.599. The topological polar surface area (TPSA) is 67.6 Å². The number of hydrogen-bond acceptors (Lipinski definition) is 4. The summed E-state index contributed by atoms with van der Waals surface area (Å²) in [5.74, 6) is 1.81. The van der Waals surface area contributed by atoms with E-state index < -0.39 is 9.84 Å². The Morgan fingerprint density at radius 3 is 2.52 bits per heavy atom. The number of sulfone groups is 1. The minimum atomic E-state index is -3.04. The minimum absolute atomic E-state index is 0.0181. The van der Waals surface area contributed by atoms with Crippen molar-refractivity contribution in [1.82, 2.24) is 4.90 Å². The number of rotatable bonds is 7. The van der Waals surface area contributed by atoms with Crippen LogP contribution in [0.2, 0.25) is 0 Å². The SMILES string of the molecule is CCCCC1CCC(C(=O)N(Cc2ccc(Br)o2)C2CCS(=O)(=O)C2)CC1. The van der Waals surface area contributed by atoms with Gasteiger partial charge < -0.3 is 9.32 Å². The molecule has 7 heteroatoms. The smallest absolute Gasteiger partial charge is 0.226 e. The van der Waals surface area contributed by atoms with E-state index in [-0.39, 0.29) is 29.4 Å². The third-order valence-corrected chi connectivity index (χ3v) is 8.23. The van der Waals surface area contributed by atoms with Crippen molar-refractivity contribution < 1.29 is 17.6 Å². The first-order valence-electron chi connectivity index (χ1n) is 10.1. The number of halogens is 1. The van der Waals surface area contributed by atoms with Crippen molar-refractivity contribution in [3.63, 3.8) is 0 Å². The number of unbranched alkanes of at least 4 members (excludes halogenated alkanes) is 1. The van der Waals surface area contributed by atoms with Crippen molar-refractivity contribution in [3.8, 4) is 0 Å². The van der Waals surface area contributed by atoms with E-state index in [9.17, 15) is 13.2 Å². The highest BCUT2D eigenvalue weighted by atomic mass is 79.9. The molecule has 0 aromatic carbocycles. The van der Waals surface area contributed by atoms with Gasteiger partial charge in [-0.05, 0) is 66.1 Å². The maximum absolute atomic E-state index is 13.3. The molecule has 1 aromatic rings. The Bertz CT molecular complexity index is 737. The highest BCUT2D eigenvalue weighted by Crippen LogP contribution is 2.34. The molecule has 152 valence electrons. The predicted molar refractivity (Wildman–Crippen MR) is 109 cm³/mol. The summed E-state index contributed by atoms with van der Waals surface area (Å²) in [4.78, 5) is 15.1. The van der Waals surface area contributed by atoms with Gasteiger partial charge in [-0.25, -0.2) is 8.42 Å². The second-order valence-electron chi connectivity index (χ2n) is 8.09. The fourth-order valence-electron chi connectivity index (χ4n) is 4.44. The Labute approximate surface area is 170 Å². The van der Waals surface area contributed by atoms with Crippen LogP contribution in [0, 0.1) is 11.8 Å². The van der Waals surface area contributed by atoms with Crippen molar-refractivity contribution in [2.24, 2.45) is 11.8 Å². The number of nitrogens with zero attached hydrogens (tertiary/aromatic N) is 1. The standard InChI is InChI=1S/C20H30BrNO4S/c1-2-3-4-15-5-7-16(8-6-15)20(23)22(13-18-9-10-19(21)26-18)17-11-12-27(24,25)14-17/h9-10,15-17H,2-8,11-14H2,1H3. The minimum Gasteiger partial charge on any atom is -0.452 e. The maximum Gasteiger partial charge on any atom is 0.226 e. The van der Waals surface area contributed by atoms with Gasteiger partial charge in [-0.2, -0.15) is 0 Å². The van der Waals surface area contributed by atoms with E-state index in [1.807, 2.05) is 12.1 Å². The van der Waals surface area contributed by atoms with Crippen molar-refractivity contribution in [3.05, 3.63) is 22.6 Å². The Kier molecular flexibility index (Phi) is 7.06. The molecule has 2 fully saturated rings. The van der Waals surface area contributed by atoms with Crippen LogP contribution in [0.25, 0.3) is 0 Å². The Morgan fingerprint density at radius 2 is 1.96 bits per heavy atom. The van der Waals surface area contributed by atoms with Gasteiger partial charge in [0.15, 0.2) is 14.5 Å². The Balaban J connectivity index is 1.67. The van der Waals surface area contributed by atoms with Gasteiger partial charge in [-0.15, -0.1) is 0 Å². The second-order valence-corrected chi connectivity index (χ2v) is 11.1. The van der Waals surface area contributed by atoms with Gasteiger partial charge in [0.1, 0.15) is 5.76 Å². The first-order valence-corrected chi connectivity index (χ1v) is 12.7. The molecule has 2 heterocycles. The van der Waals surface area contributed by atoms with E-state index in [4.69, 9.17) is 4.42 Å². The molecule has 1 saturated carbocycles. The maximum atomic E-state index is 13.3. The molecule has 27 heavy (non-hydrogen) atoms. The molecule has 0 N–H and O–H groups in total. The third-order valence-electron chi connectivity index (χ3n) is 6.05. The van der Waals surface area contributed by atoms with Gasteiger partial charge in [-0.1, -0.05) is 26.2 Å². The van der Waals surface area contributed by atoms with Crippen LogP contribution in [0.3, 0.4) is 0 Å². The van der Waals surface area contributed by atoms with Crippen LogP contribution in [0.1, 0.15) is 64.1 Å². The van der Waals surface area contributed by atoms with E-state index in [1.165, 1.54) is 19.3 Å². The fourth-order valence-corrected chi connectivity index (χ4v) is 6.51. The average molecular weight is 460 g/mol. The predicted octanol–water partition coefficient (Wildman–Crippen LogP) is 4.55. The number of carbonyl (C=O) groups excluding carboxylic acids is 1. The molecule has 0 bridgehead atoms. The van der Waals surface area contributed by atoms with Gasteiger partial charge in [0, 0.05) is 12.0 Å². The monoisotopic (exact) mass is 459 g/mol. The number of carbonyl (C=O) groups is 1. The normalized spacial score (nSPS) is 27.6. The number of furan rings is 1. The van der Waals surface area contributed by atoms with E-state index in [1.54, 1.807) is 4.90 Å². The van der Waals surface area contributed by atoms with Gasteiger partial charge in [0.2, 0.25) is 5.91 Å². The molecule has 1 aromatic heterocycles. The molecule has 1 unspecified atom stereocenters. The lowest BCUT2D eigenvalue weighted by Crippen LogP contribution is -2.44. The van der Waals surface area contributed by atoms with Gasteiger partial charge in [0.05, 0.1) is 18.1 Å². The zero-order valence-corrected chi connectivity index (χ0v) is 18.4. The van der Waals surface area contributed by atoms with Crippen LogP contribution in [0.4, 0.5) is 0 Å². The van der Waals surface area contributed by atoms with Gasteiger partial charge in [-0.3, -0.25) is 4.79 Å². The molecule has 0 radical (unpaired) electrons. The molecule has 2 aliphatic rings. The lowest BCUT2D eigenvalue weighted by atomic mass is 9.79. The van der Waals surface area contributed by atoms with E-state index in [0.717, 1.165) is 31.6 Å². The third kappa shape index (κ3) is 5.59. The highest BCUT2D eigenvalue weighted by molar-refractivity contribution is 9.10. The van der Waals surface area contributed by atoms with Crippen LogP contribution >= 0.6 is 15.9 Å². The fraction of sp³-hybridized carbons (Fsp3) is 0.750. The summed E-state index contributed by atoms with van der Waals surface area (Å²) >= 11 is 3.30. The van der Waals surface area contributed by atoms with Crippen LogP contribution in [0.15, 0.2) is 21.2 Å². The summed E-state index contributed by atoms with van der Waals surface area (Å²) in [5.41, 5.74) is 0. The zero-order valence-electron chi connectivity index (χ0n) is 16.0. The summed E-state index contributed by atoms with van der Waals surface area (Å²) in [7, 11) is -3.04. The van der Waals surface area contributed by atoms with E-state index >= 15 is 0 Å². The molecule has 1 aliphatic carbocycles. The Morgan fingerprint density at radius 1 is 1.22 bits per heavy atom. The van der Waals surface area contributed by atoms with Gasteiger partial charge >= 0.3 is 0 Å². The molecular weight excluding hydrogens is 430 g/mol. The summed E-state index contributed by atoms with van der Waals surface area (Å²) in [6.45, 7) is 2.57. The van der Waals surface area contributed by atoms with Crippen molar-refractivity contribution in [2.45, 2.75) is 70.9 Å². The van der Waals surface area contributed by atoms with Crippen LogP contribution < -0.4 is 0 Å². The average Bonchev–Trinajstić information content (AvgIpc) is 3.22. The summed E-state index contributed by atoms with van der Waals surface area (Å²) in [6.07, 6.45) is 8.35. The van der Waals surface area contributed by atoms with Gasteiger partial charge in [0.25, 0.3) is 0 Å². The van der Waals surface area contributed by atoms with Crippen molar-refractivity contribution in [2.75, 3.05) is 11.5 Å². The first-order chi connectivity index (χ1) is 12.9. The van der Waals surface area contributed by atoms with Crippen LogP contribution in [0.5, 0.6) is 0 Å². The Hall–Kier alpha value is -0.820. The summed E-state index contributed by atoms with van der Waals surface area (Å²) in [6, 6.07) is 3.42. The molecule has 1 atom stereocenters. The lowest BCUT2D eigenvalue weighted by molar-refractivity contribution is -0.139. The highest BCUT2D eigenvalue weighted by Gasteiger charge is 2.38.